The normalized spacial score (nSPS) is 11.2. The fourth-order valence-electron chi connectivity index (χ4n) is 3.17. The van der Waals surface area contributed by atoms with Crippen LogP contribution < -0.4 is 15.4 Å². The molecule has 0 aromatic heterocycles. The van der Waals surface area contributed by atoms with E-state index in [0.29, 0.717) is 11.4 Å². The molecule has 0 spiro atoms. The van der Waals surface area contributed by atoms with Crippen molar-refractivity contribution in [3.05, 3.63) is 96.1 Å². The van der Waals surface area contributed by atoms with E-state index in [1.165, 1.54) is 24.6 Å². The van der Waals surface area contributed by atoms with Crippen LogP contribution in [-0.2, 0) is 20.7 Å². The number of esters is 1. The van der Waals surface area contributed by atoms with Gasteiger partial charge in [-0.1, -0.05) is 30.8 Å². The number of hydrogen-bond acceptors (Lipinski definition) is 7. The third kappa shape index (κ3) is 8.39. The van der Waals surface area contributed by atoms with Gasteiger partial charge < -0.3 is 24.6 Å². The number of hydrogen-bond donors (Lipinski definition) is 3. The van der Waals surface area contributed by atoms with Crippen LogP contribution in [0.2, 0.25) is 0 Å². The first kappa shape index (κ1) is 26.2. The summed E-state index contributed by atoms with van der Waals surface area (Å²) in [5.74, 6) is -0.0308. The minimum atomic E-state index is -0.873. The monoisotopic (exact) mass is 490 g/mol. The zero-order valence-electron chi connectivity index (χ0n) is 20.3. The van der Waals surface area contributed by atoms with E-state index in [9.17, 15) is 14.7 Å². The van der Waals surface area contributed by atoms with Crippen molar-refractivity contribution in [2.24, 2.45) is 0 Å². The minimum Gasteiger partial charge on any atom is -0.508 e. The number of phenolic OH excluding ortho intramolecular Hbond substituents is 1. The van der Waals surface area contributed by atoms with Crippen molar-refractivity contribution in [2.45, 2.75) is 19.4 Å². The number of aromatic hydroxyl groups is 1. The maximum atomic E-state index is 12.5. The molecule has 0 aliphatic rings. The number of carbonyl (C=O) groups is 2. The number of nitrogens with one attached hydrogen (secondary N) is 2. The van der Waals surface area contributed by atoms with Crippen molar-refractivity contribution >= 4 is 23.4 Å². The van der Waals surface area contributed by atoms with Crippen LogP contribution in [0.25, 0.3) is 0 Å². The Hall–Kier alpha value is -4.46. The van der Waals surface area contributed by atoms with Crippen LogP contribution >= 0.6 is 0 Å². The van der Waals surface area contributed by atoms with Crippen LogP contribution in [0.1, 0.15) is 18.1 Å². The molecule has 3 rings (SSSR count). The summed E-state index contributed by atoms with van der Waals surface area (Å²) in [6.45, 7) is 4.80. The topological polar surface area (TPSA) is 106 Å². The Balaban J connectivity index is 1.56. The molecule has 0 bridgehead atoms. The second-order valence-electron chi connectivity index (χ2n) is 8.16. The molecule has 0 radical (unpaired) electrons. The quantitative estimate of drug-likeness (QED) is 0.252. The van der Waals surface area contributed by atoms with Gasteiger partial charge in [-0.25, -0.2) is 9.59 Å². The summed E-state index contributed by atoms with van der Waals surface area (Å²) in [6, 6.07) is 21.7. The van der Waals surface area contributed by atoms with E-state index in [0.717, 1.165) is 17.7 Å². The smallest absolute Gasteiger partial charge is 0.412 e. The summed E-state index contributed by atoms with van der Waals surface area (Å²) in [5, 5.41) is 15.2. The lowest BCUT2D eigenvalue weighted by Gasteiger charge is -2.19. The molecule has 3 aromatic rings. The summed E-state index contributed by atoms with van der Waals surface area (Å²) in [5.41, 5.74) is 4.12. The molecule has 3 aromatic carbocycles. The van der Waals surface area contributed by atoms with Crippen LogP contribution in [0, 0.1) is 0 Å². The highest BCUT2D eigenvalue weighted by molar-refractivity contribution is 5.87. The summed E-state index contributed by atoms with van der Waals surface area (Å²) < 4.78 is 16.2. The van der Waals surface area contributed by atoms with Crippen LogP contribution in [0.5, 0.6) is 11.5 Å². The number of rotatable bonds is 11. The highest BCUT2D eigenvalue weighted by Gasteiger charge is 2.19. The largest absolute Gasteiger partial charge is 0.508 e. The number of phenols is 1. The van der Waals surface area contributed by atoms with Gasteiger partial charge in [0.15, 0.2) is 6.10 Å². The van der Waals surface area contributed by atoms with Gasteiger partial charge in [-0.15, -0.1) is 0 Å². The Morgan fingerprint density at radius 2 is 1.47 bits per heavy atom. The van der Waals surface area contributed by atoms with Gasteiger partial charge in [0.2, 0.25) is 0 Å². The van der Waals surface area contributed by atoms with Crippen LogP contribution in [0.3, 0.4) is 0 Å². The van der Waals surface area contributed by atoms with E-state index in [4.69, 9.17) is 14.2 Å². The lowest BCUT2D eigenvalue weighted by atomic mass is 10.0. The van der Waals surface area contributed by atoms with Crippen molar-refractivity contribution in [1.29, 1.82) is 0 Å². The molecule has 8 nitrogen and oxygen atoms in total. The van der Waals surface area contributed by atoms with Gasteiger partial charge in [0.25, 0.3) is 0 Å². The molecule has 1 atom stereocenters. The molecule has 0 saturated carbocycles. The summed E-state index contributed by atoms with van der Waals surface area (Å²) in [7, 11) is 1.88. The van der Waals surface area contributed by atoms with Gasteiger partial charge in [0.1, 0.15) is 24.7 Å². The standard InChI is InChI=1S/C28H30N2O6/c1-19(2)27(32)35-18-26(17-34-25-14-12-24(31)13-15-25)36-28(33)30-23-10-6-21(7-11-23)16-20-4-8-22(29-3)9-5-20/h4-15,26,29,31H,1,16-18H2,2-3H3,(H,30,33). The molecule has 0 aliphatic carbocycles. The Bertz CT molecular complexity index is 1160. The average Bonchev–Trinajstić information content (AvgIpc) is 2.88. The average molecular weight is 491 g/mol. The molecule has 188 valence electrons. The van der Waals surface area contributed by atoms with Crippen molar-refractivity contribution in [3.63, 3.8) is 0 Å². The second kappa shape index (κ2) is 12.9. The zero-order chi connectivity index (χ0) is 25.9. The Labute approximate surface area is 210 Å². The van der Waals surface area contributed by atoms with Gasteiger partial charge >= 0.3 is 12.1 Å². The number of carbonyl (C=O) groups excluding carboxylic acids is 2. The Morgan fingerprint density at radius 3 is 2.03 bits per heavy atom. The predicted octanol–water partition coefficient (Wildman–Crippen LogP) is 5.14. The zero-order valence-corrected chi connectivity index (χ0v) is 20.3. The third-order valence-corrected chi connectivity index (χ3v) is 5.15. The van der Waals surface area contributed by atoms with Gasteiger partial charge in [-0.05, 0) is 73.0 Å². The van der Waals surface area contributed by atoms with Crippen molar-refractivity contribution in [1.82, 2.24) is 0 Å². The number of anilines is 2. The van der Waals surface area contributed by atoms with Gasteiger partial charge in [0.05, 0.1) is 0 Å². The summed E-state index contributed by atoms with van der Waals surface area (Å²) >= 11 is 0. The first-order valence-electron chi connectivity index (χ1n) is 11.4. The summed E-state index contributed by atoms with van der Waals surface area (Å²) in [6.07, 6.45) is -0.822. The molecular formula is C28H30N2O6. The van der Waals surface area contributed by atoms with E-state index >= 15 is 0 Å². The molecule has 1 amide bonds. The maximum absolute atomic E-state index is 12.5. The van der Waals surface area contributed by atoms with E-state index < -0.39 is 18.2 Å². The van der Waals surface area contributed by atoms with E-state index in [-0.39, 0.29) is 24.5 Å². The number of benzene rings is 3. The van der Waals surface area contributed by atoms with Crippen LogP contribution in [0.4, 0.5) is 16.2 Å². The highest BCUT2D eigenvalue weighted by atomic mass is 16.6. The molecule has 0 fully saturated rings. The molecule has 3 N–H and O–H groups in total. The fourth-order valence-corrected chi connectivity index (χ4v) is 3.17. The Kier molecular flexibility index (Phi) is 9.33. The lowest BCUT2D eigenvalue weighted by Crippen LogP contribution is -2.32. The summed E-state index contributed by atoms with van der Waals surface area (Å²) in [4.78, 5) is 24.3. The molecule has 0 heterocycles. The molecule has 8 heteroatoms. The molecule has 0 aliphatic heterocycles. The van der Waals surface area contributed by atoms with Gasteiger partial charge in [-0.2, -0.15) is 0 Å². The van der Waals surface area contributed by atoms with E-state index in [2.05, 4.69) is 29.3 Å². The van der Waals surface area contributed by atoms with Crippen LogP contribution in [0.15, 0.2) is 84.9 Å². The minimum absolute atomic E-state index is 0.0626. The third-order valence-electron chi connectivity index (χ3n) is 5.15. The first-order chi connectivity index (χ1) is 17.3. The van der Waals surface area contributed by atoms with Crippen molar-refractivity contribution in [3.8, 4) is 11.5 Å². The second-order valence-corrected chi connectivity index (χ2v) is 8.16. The molecule has 0 saturated heterocycles. The van der Waals surface area contributed by atoms with Crippen molar-refractivity contribution < 1.29 is 28.9 Å². The van der Waals surface area contributed by atoms with Gasteiger partial charge in [-0.3, -0.25) is 5.32 Å². The van der Waals surface area contributed by atoms with Crippen LogP contribution in [-0.4, -0.2) is 43.5 Å². The predicted molar refractivity (Wildman–Crippen MR) is 139 cm³/mol. The Morgan fingerprint density at radius 1 is 0.889 bits per heavy atom. The lowest BCUT2D eigenvalue weighted by molar-refractivity contribution is -0.142. The maximum Gasteiger partial charge on any atom is 0.412 e. The van der Waals surface area contributed by atoms with Crippen molar-refractivity contribution in [2.75, 3.05) is 30.9 Å². The van der Waals surface area contributed by atoms with E-state index in [1.807, 2.05) is 31.3 Å². The molecule has 1 unspecified atom stereocenters. The fraction of sp³-hybridized carbons (Fsp3) is 0.214. The first-order valence-corrected chi connectivity index (χ1v) is 11.4. The number of amides is 1. The highest BCUT2D eigenvalue weighted by Crippen LogP contribution is 2.18. The van der Waals surface area contributed by atoms with E-state index in [1.54, 1.807) is 24.3 Å². The molecule has 36 heavy (non-hydrogen) atoms. The number of ether oxygens (including phenoxy) is 3. The molecular weight excluding hydrogens is 460 g/mol. The SMILES string of the molecule is C=C(C)C(=O)OCC(COc1ccc(O)cc1)OC(=O)Nc1ccc(Cc2ccc(NC)cc2)cc1. The van der Waals surface area contributed by atoms with Gasteiger partial charge in [0, 0.05) is 24.0 Å².